The number of aryl methyl sites for hydroxylation is 2. The van der Waals surface area contributed by atoms with Gasteiger partial charge in [0.05, 0.1) is 27.6 Å². The van der Waals surface area contributed by atoms with Crippen LogP contribution in [0.15, 0.2) is 146 Å². The average molecular weight is 846 g/mol. The molecular weight excluding hydrogens is 798 g/mol. The van der Waals surface area contributed by atoms with Crippen molar-refractivity contribution in [3.05, 3.63) is 168 Å². The van der Waals surface area contributed by atoms with E-state index < -0.39 is 0 Å². The summed E-state index contributed by atoms with van der Waals surface area (Å²) in [6, 6.07) is 56.7. The van der Waals surface area contributed by atoms with Crippen molar-refractivity contribution in [2.45, 2.75) is 66.2 Å². The normalized spacial score (nSPS) is 13.7. The lowest BCUT2D eigenvalue weighted by molar-refractivity contribution is 0.590. The molecule has 0 fully saturated rings. The van der Waals surface area contributed by atoms with Crippen LogP contribution in [-0.4, -0.2) is 20.3 Å². The second kappa shape index (κ2) is 11.9. The number of nitrogens with zero attached hydrogens (tertiary/aromatic N) is 3. The van der Waals surface area contributed by atoms with Gasteiger partial charge in [0.15, 0.2) is 0 Å². The Hall–Kier alpha value is -7.30. The maximum atomic E-state index is 2.80. The molecule has 0 bridgehead atoms. The Balaban J connectivity index is 1.24. The van der Waals surface area contributed by atoms with Crippen LogP contribution >= 0.6 is 0 Å². The topological polar surface area (TPSA) is 14.3 Å². The van der Waals surface area contributed by atoms with Crippen LogP contribution in [0.5, 0.6) is 0 Å². The summed E-state index contributed by atoms with van der Waals surface area (Å²) in [5.74, 6) is 0. The van der Waals surface area contributed by atoms with Crippen molar-refractivity contribution in [2.75, 3.05) is 0 Å². The fourth-order valence-corrected chi connectivity index (χ4v) is 13.2. The Bertz CT molecular complexity index is 4360. The van der Waals surface area contributed by atoms with Crippen LogP contribution in [0.3, 0.4) is 0 Å². The van der Waals surface area contributed by atoms with E-state index in [0.29, 0.717) is 0 Å². The van der Waals surface area contributed by atoms with E-state index in [1.165, 1.54) is 154 Å². The third-order valence-corrected chi connectivity index (χ3v) is 16.1. The largest absolute Gasteiger partial charge is 0.375 e. The fourth-order valence-electron chi connectivity index (χ4n) is 13.2. The van der Waals surface area contributed by atoms with Crippen molar-refractivity contribution in [3.8, 4) is 27.9 Å². The van der Waals surface area contributed by atoms with Gasteiger partial charge in [-0.15, -0.1) is 0 Å². The second-order valence-electron chi connectivity index (χ2n) is 21.8. The monoisotopic (exact) mass is 845 g/mol. The van der Waals surface area contributed by atoms with Crippen LogP contribution in [0.25, 0.3) is 120 Å². The summed E-state index contributed by atoms with van der Waals surface area (Å²) in [5, 5.41) is 13.3. The van der Waals surface area contributed by atoms with Gasteiger partial charge in [-0.2, -0.15) is 0 Å². The minimum Gasteiger partial charge on any atom is -0.375 e. The number of para-hydroxylation sites is 2. The first-order valence-electron chi connectivity index (χ1n) is 23.8. The summed E-state index contributed by atoms with van der Waals surface area (Å²) in [4.78, 5) is 0. The Labute approximate surface area is 383 Å². The smallest absolute Gasteiger partial charge is 0.333 e. The molecule has 3 nitrogen and oxygen atoms in total. The highest BCUT2D eigenvalue weighted by molar-refractivity contribution is 6.92. The van der Waals surface area contributed by atoms with Crippen LogP contribution in [0.4, 0.5) is 0 Å². The highest BCUT2D eigenvalue weighted by Crippen LogP contribution is 2.51. The lowest BCUT2D eigenvalue weighted by Crippen LogP contribution is -2.55. The van der Waals surface area contributed by atoms with Crippen LogP contribution in [-0.2, 0) is 10.8 Å². The van der Waals surface area contributed by atoms with Gasteiger partial charge in [-0.05, 0) is 140 Å². The van der Waals surface area contributed by atoms with Crippen molar-refractivity contribution >= 4 is 110 Å². The van der Waals surface area contributed by atoms with Gasteiger partial charge < -0.3 is 13.4 Å². The summed E-state index contributed by atoms with van der Waals surface area (Å²) >= 11 is 0. The zero-order chi connectivity index (χ0) is 44.4. The van der Waals surface area contributed by atoms with Crippen molar-refractivity contribution < 1.29 is 0 Å². The molecule has 2 aliphatic rings. The van der Waals surface area contributed by atoms with E-state index in [1.807, 2.05) is 0 Å². The van der Waals surface area contributed by atoms with E-state index in [9.17, 15) is 0 Å². The van der Waals surface area contributed by atoms with Crippen molar-refractivity contribution in [3.63, 3.8) is 0 Å². The number of aromatic nitrogens is 3. The number of hydrogen-bond donors (Lipinski definition) is 0. The molecule has 66 heavy (non-hydrogen) atoms. The number of benzene rings is 9. The molecule has 2 aliphatic heterocycles. The molecular formula is C62H48BN3. The first-order valence-corrected chi connectivity index (χ1v) is 23.8. The molecule has 0 unspecified atom stereocenters. The van der Waals surface area contributed by atoms with Crippen molar-refractivity contribution in [2.24, 2.45) is 0 Å². The van der Waals surface area contributed by atoms with Crippen molar-refractivity contribution in [1.29, 1.82) is 0 Å². The molecule has 4 aromatic heterocycles. The molecule has 0 N–H and O–H groups in total. The fraction of sp³-hybridized carbons (Fsp3) is 0.161. The maximum Gasteiger partial charge on any atom is 0.333 e. The summed E-state index contributed by atoms with van der Waals surface area (Å²) in [5.41, 5.74) is 23.8. The number of hydrogen-bond acceptors (Lipinski definition) is 0. The van der Waals surface area contributed by atoms with E-state index in [0.717, 1.165) is 0 Å². The van der Waals surface area contributed by atoms with Crippen LogP contribution in [0.1, 0.15) is 63.8 Å². The zero-order valence-corrected chi connectivity index (χ0v) is 38.8. The minimum atomic E-state index is -0.0949. The molecule has 0 aliphatic carbocycles. The standard InChI is InChI=1S/C62H48BN3/c1-33-16-15-17-34(2)52(33)35-24-26-49-45(28-35)54-40-20-10-9-19-39(40)53-46-31-37(62(6,7)8)30-43-42-29-36(61(3,4)5)25-27-50(42)66(58(43)46)63-56-51(65(49)60(54)57(53)63)32-44-38-18-11-13-22-47(38)64-48-23-14-12-21-41(48)55(56)59(44)64/h9-32H,1-8H3. The van der Waals surface area contributed by atoms with E-state index in [2.05, 4.69) is 214 Å². The van der Waals surface area contributed by atoms with Gasteiger partial charge in [0.25, 0.3) is 0 Å². The molecule has 9 aromatic carbocycles. The Kier molecular flexibility index (Phi) is 6.69. The van der Waals surface area contributed by atoms with E-state index >= 15 is 0 Å². The molecule has 0 saturated carbocycles. The van der Waals surface area contributed by atoms with E-state index in [4.69, 9.17) is 0 Å². The van der Waals surface area contributed by atoms with Crippen LogP contribution in [0, 0.1) is 13.8 Å². The summed E-state index contributed by atoms with van der Waals surface area (Å²) in [7, 11) is 0. The Morgan fingerprint density at radius 1 is 0.409 bits per heavy atom. The quantitative estimate of drug-likeness (QED) is 0.146. The first kappa shape index (κ1) is 37.0. The highest BCUT2D eigenvalue weighted by atomic mass is 15.0. The molecule has 0 atom stereocenters. The summed E-state index contributed by atoms with van der Waals surface area (Å²) in [6.07, 6.45) is 0. The minimum absolute atomic E-state index is 0.00129. The maximum absolute atomic E-state index is 2.80. The second-order valence-corrected chi connectivity index (χ2v) is 21.8. The third-order valence-electron chi connectivity index (χ3n) is 16.1. The van der Waals surface area contributed by atoms with Gasteiger partial charge in [-0.3, -0.25) is 0 Å². The van der Waals surface area contributed by atoms with Gasteiger partial charge >= 0.3 is 6.85 Å². The average Bonchev–Trinajstić information content (AvgIpc) is 4.03. The van der Waals surface area contributed by atoms with Gasteiger partial charge in [-0.1, -0.05) is 133 Å². The predicted molar refractivity (Wildman–Crippen MR) is 284 cm³/mol. The summed E-state index contributed by atoms with van der Waals surface area (Å²) in [6.45, 7) is 18.6. The highest BCUT2D eigenvalue weighted by Gasteiger charge is 2.45. The van der Waals surface area contributed by atoms with Crippen LogP contribution in [0.2, 0.25) is 0 Å². The molecule has 13 aromatic rings. The molecule has 0 amide bonds. The van der Waals surface area contributed by atoms with E-state index in [1.54, 1.807) is 0 Å². The summed E-state index contributed by atoms with van der Waals surface area (Å²) < 4.78 is 8.07. The molecule has 4 heteroatoms. The third kappa shape index (κ3) is 4.32. The molecule has 0 radical (unpaired) electrons. The Morgan fingerprint density at radius 3 is 1.79 bits per heavy atom. The molecule has 15 rings (SSSR count). The number of fused-ring (bicyclic) bond motifs is 21. The van der Waals surface area contributed by atoms with Gasteiger partial charge in [0, 0.05) is 65.4 Å². The van der Waals surface area contributed by atoms with Gasteiger partial charge in [0.1, 0.15) is 0 Å². The van der Waals surface area contributed by atoms with E-state index in [-0.39, 0.29) is 17.7 Å². The molecule has 314 valence electrons. The SMILES string of the molecule is Cc1cccc(C)c1-c1ccc2c(c1)c1c3ccccc3c3c4c1n2-c1cc2c5ccccc5n5c6ccccc6c(c1B4n1c4ccc(C(C)(C)C)cc4c4cc(C(C)(C)C)cc-3c41)c25. The zero-order valence-electron chi connectivity index (χ0n) is 38.8. The molecule has 6 heterocycles. The molecule has 0 saturated heterocycles. The van der Waals surface area contributed by atoms with Gasteiger partial charge in [-0.25, -0.2) is 0 Å². The number of rotatable bonds is 1. The van der Waals surface area contributed by atoms with Crippen molar-refractivity contribution in [1.82, 2.24) is 13.4 Å². The lowest BCUT2D eigenvalue weighted by Gasteiger charge is -2.35. The first-order chi connectivity index (χ1) is 31.9. The lowest BCUT2D eigenvalue weighted by atomic mass is 9.44. The Morgan fingerprint density at radius 2 is 1.05 bits per heavy atom. The van der Waals surface area contributed by atoms with Crippen LogP contribution < -0.4 is 10.9 Å². The molecule has 0 spiro atoms. The van der Waals surface area contributed by atoms with Gasteiger partial charge in [0.2, 0.25) is 0 Å². The predicted octanol–water partition coefficient (Wildman–Crippen LogP) is 15.0.